The molecule has 0 unspecified atom stereocenters. The standard InChI is InChI=1S/C32H31F2N7O5/c1-4-26(42)37-20-13-18(41-9-11-46-12-10-41)7-8-19(20)39-32-35-16-23-21(40-32)14-22(36-17-5-6-17)30(38-23)31(43)27-28(33)24(44-2)15-25(45-3)29(27)34/h4,7-8,13-17,36H,1,5-6,9-12H2,2-3H3,(H,37,42)(H,35,39,40). The number of carbonyl (C=O) groups is 2. The van der Waals surface area contributed by atoms with Gasteiger partial charge in [-0.1, -0.05) is 6.58 Å². The van der Waals surface area contributed by atoms with Crippen molar-refractivity contribution >= 4 is 51.4 Å². The fraction of sp³-hybridized carbons (Fsp3) is 0.281. The van der Waals surface area contributed by atoms with Crippen LogP contribution in [0.2, 0.25) is 0 Å². The largest absolute Gasteiger partial charge is 0.494 e. The number of ketones is 1. The lowest BCUT2D eigenvalue weighted by Gasteiger charge is -2.29. The van der Waals surface area contributed by atoms with Gasteiger partial charge in [-0.15, -0.1) is 0 Å². The average molecular weight is 632 g/mol. The van der Waals surface area contributed by atoms with Gasteiger partial charge in [0.15, 0.2) is 23.1 Å². The fourth-order valence-corrected chi connectivity index (χ4v) is 5.03. The summed E-state index contributed by atoms with van der Waals surface area (Å²) in [4.78, 5) is 41.5. The Morgan fingerprint density at radius 3 is 2.35 bits per heavy atom. The van der Waals surface area contributed by atoms with Crippen LogP contribution >= 0.6 is 0 Å². The van der Waals surface area contributed by atoms with Crippen LogP contribution < -0.4 is 30.3 Å². The van der Waals surface area contributed by atoms with E-state index in [0.29, 0.717) is 30.1 Å². The van der Waals surface area contributed by atoms with Crippen molar-refractivity contribution in [3.05, 3.63) is 72.1 Å². The second-order valence-electron chi connectivity index (χ2n) is 10.7. The maximum absolute atomic E-state index is 15.3. The molecule has 238 valence electrons. The molecule has 2 aromatic heterocycles. The van der Waals surface area contributed by atoms with E-state index in [2.05, 4.69) is 42.4 Å². The molecule has 2 fully saturated rings. The minimum absolute atomic E-state index is 0.0702. The first-order valence-corrected chi connectivity index (χ1v) is 14.6. The van der Waals surface area contributed by atoms with E-state index in [0.717, 1.165) is 37.7 Å². The minimum atomic E-state index is -1.17. The van der Waals surface area contributed by atoms with Gasteiger partial charge in [0.2, 0.25) is 17.6 Å². The molecule has 3 heterocycles. The predicted molar refractivity (Wildman–Crippen MR) is 168 cm³/mol. The van der Waals surface area contributed by atoms with Crippen molar-refractivity contribution < 1.29 is 32.6 Å². The highest BCUT2D eigenvalue weighted by Gasteiger charge is 2.31. The van der Waals surface area contributed by atoms with E-state index in [1.165, 1.54) is 26.5 Å². The van der Waals surface area contributed by atoms with Crippen LogP contribution in [0.5, 0.6) is 11.5 Å². The molecule has 0 spiro atoms. The molecule has 4 aromatic rings. The molecule has 12 nitrogen and oxygen atoms in total. The van der Waals surface area contributed by atoms with Crippen LogP contribution in [0.4, 0.5) is 37.5 Å². The Hall–Kier alpha value is -5.37. The Balaban J connectivity index is 1.36. The molecule has 0 radical (unpaired) electrons. The summed E-state index contributed by atoms with van der Waals surface area (Å²) in [7, 11) is 2.41. The summed E-state index contributed by atoms with van der Waals surface area (Å²) in [6, 6.07) is 8.27. The summed E-state index contributed by atoms with van der Waals surface area (Å²) >= 11 is 0. The zero-order valence-electron chi connectivity index (χ0n) is 25.2. The SMILES string of the molecule is C=CC(=O)Nc1cc(N2CCOCC2)ccc1Nc1ncc2nc(C(=O)c3c(F)c(OC)cc(OC)c3F)c(NC3CC3)cc2n1. The normalized spacial score (nSPS) is 14.5. The zero-order valence-corrected chi connectivity index (χ0v) is 25.2. The van der Waals surface area contributed by atoms with E-state index in [1.54, 1.807) is 6.07 Å². The molecule has 1 saturated heterocycles. The maximum Gasteiger partial charge on any atom is 0.247 e. The van der Waals surface area contributed by atoms with Crippen LogP contribution in [0, 0.1) is 11.6 Å². The molecular formula is C32H31F2N7O5. The highest BCUT2D eigenvalue weighted by Crippen LogP contribution is 2.36. The van der Waals surface area contributed by atoms with Gasteiger partial charge >= 0.3 is 0 Å². The number of rotatable bonds is 11. The highest BCUT2D eigenvalue weighted by atomic mass is 19.1. The van der Waals surface area contributed by atoms with Gasteiger partial charge < -0.3 is 35.1 Å². The Labute approximate surface area is 262 Å². The first-order chi connectivity index (χ1) is 22.3. The highest BCUT2D eigenvalue weighted by molar-refractivity contribution is 6.13. The molecule has 46 heavy (non-hydrogen) atoms. The van der Waals surface area contributed by atoms with Gasteiger partial charge in [-0.2, -0.15) is 0 Å². The Morgan fingerprint density at radius 2 is 1.70 bits per heavy atom. The Morgan fingerprint density at radius 1 is 0.978 bits per heavy atom. The van der Waals surface area contributed by atoms with Crippen molar-refractivity contribution in [2.75, 3.05) is 61.4 Å². The smallest absolute Gasteiger partial charge is 0.247 e. The first-order valence-electron chi connectivity index (χ1n) is 14.6. The monoisotopic (exact) mass is 631 g/mol. The second-order valence-corrected chi connectivity index (χ2v) is 10.7. The number of halogens is 2. The molecule has 1 aliphatic heterocycles. The predicted octanol–water partition coefficient (Wildman–Crippen LogP) is 4.83. The van der Waals surface area contributed by atoms with Crippen molar-refractivity contribution in [2.24, 2.45) is 0 Å². The number of nitrogens with one attached hydrogen (secondary N) is 3. The lowest BCUT2D eigenvalue weighted by atomic mass is 10.0. The van der Waals surface area contributed by atoms with Crippen LogP contribution in [-0.2, 0) is 9.53 Å². The second kappa shape index (κ2) is 12.9. The third kappa shape index (κ3) is 6.24. The van der Waals surface area contributed by atoms with Crippen molar-refractivity contribution in [1.82, 2.24) is 15.0 Å². The Kier molecular flexibility index (Phi) is 8.61. The molecule has 0 atom stereocenters. The summed E-state index contributed by atoms with van der Waals surface area (Å²) in [6.07, 6.45) is 4.29. The molecule has 2 aliphatic rings. The summed E-state index contributed by atoms with van der Waals surface area (Å²) in [6.45, 7) is 6.19. The quantitative estimate of drug-likeness (QED) is 0.155. The zero-order chi connectivity index (χ0) is 32.4. The molecule has 14 heteroatoms. The number of carbonyl (C=O) groups excluding carboxylic acids is 2. The maximum atomic E-state index is 15.3. The minimum Gasteiger partial charge on any atom is -0.494 e. The number of methoxy groups -OCH3 is 2. The van der Waals surface area contributed by atoms with Crippen LogP contribution in [-0.4, -0.2) is 73.2 Å². The van der Waals surface area contributed by atoms with E-state index in [9.17, 15) is 9.59 Å². The summed E-state index contributed by atoms with van der Waals surface area (Å²) in [5, 5.41) is 9.19. The van der Waals surface area contributed by atoms with Gasteiger partial charge in [-0.3, -0.25) is 9.59 Å². The molecular weight excluding hydrogens is 600 g/mol. The number of ether oxygens (including phenoxy) is 3. The number of hydrogen-bond acceptors (Lipinski definition) is 11. The lowest BCUT2D eigenvalue weighted by Crippen LogP contribution is -2.36. The number of anilines is 5. The van der Waals surface area contributed by atoms with Crippen molar-refractivity contribution in [1.29, 1.82) is 0 Å². The average Bonchev–Trinajstić information content (AvgIpc) is 3.89. The van der Waals surface area contributed by atoms with Gasteiger partial charge in [-0.05, 0) is 43.2 Å². The number of amides is 1. The topological polar surface area (TPSA) is 140 Å². The van der Waals surface area contributed by atoms with Crippen LogP contribution in [0.3, 0.4) is 0 Å². The third-order valence-electron chi connectivity index (χ3n) is 7.59. The number of fused-ring (bicyclic) bond motifs is 1. The van der Waals surface area contributed by atoms with Gasteiger partial charge in [0, 0.05) is 30.9 Å². The van der Waals surface area contributed by atoms with Crippen LogP contribution in [0.1, 0.15) is 28.9 Å². The molecule has 1 amide bonds. The van der Waals surface area contributed by atoms with Gasteiger partial charge in [-0.25, -0.2) is 23.7 Å². The van der Waals surface area contributed by atoms with Crippen molar-refractivity contribution in [3.63, 3.8) is 0 Å². The number of benzene rings is 2. The van der Waals surface area contributed by atoms with Crippen LogP contribution in [0.25, 0.3) is 11.0 Å². The molecule has 0 bridgehead atoms. The summed E-state index contributed by atoms with van der Waals surface area (Å²) in [5.41, 5.74) is 1.72. The number of aromatic nitrogens is 3. The fourth-order valence-electron chi connectivity index (χ4n) is 5.03. The first kappa shape index (κ1) is 30.6. The van der Waals surface area contributed by atoms with Crippen molar-refractivity contribution in [3.8, 4) is 11.5 Å². The van der Waals surface area contributed by atoms with Crippen LogP contribution in [0.15, 0.2) is 49.2 Å². The van der Waals surface area contributed by atoms with Gasteiger partial charge in [0.05, 0.1) is 56.2 Å². The summed E-state index contributed by atoms with van der Waals surface area (Å²) < 4.78 is 46.0. The lowest BCUT2D eigenvalue weighted by molar-refractivity contribution is -0.111. The van der Waals surface area contributed by atoms with E-state index in [4.69, 9.17) is 14.2 Å². The van der Waals surface area contributed by atoms with E-state index < -0.39 is 23.0 Å². The molecule has 2 aromatic carbocycles. The number of hydrogen-bond donors (Lipinski definition) is 3. The molecule has 6 rings (SSSR count). The van der Waals surface area contributed by atoms with Gasteiger partial charge in [0.1, 0.15) is 16.8 Å². The third-order valence-corrected chi connectivity index (χ3v) is 7.59. The molecule has 3 N–H and O–H groups in total. The number of morpholine rings is 1. The van der Waals surface area contributed by atoms with E-state index in [1.807, 2.05) is 18.2 Å². The van der Waals surface area contributed by atoms with E-state index in [-0.39, 0.29) is 46.3 Å². The number of nitrogens with zero attached hydrogens (tertiary/aromatic N) is 4. The Bertz CT molecular complexity index is 1820. The molecule has 1 aliphatic carbocycles. The van der Waals surface area contributed by atoms with Gasteiger partial charge in [0.25, 0.3) is 0 Å². The van der Waals surface area contributed by atoms with E-state index >= 15 is 8.78 Å². The summed E-state index contributed by atoms with van der Waals surface area (Å²) in [5.74, 6) is -4.23. The van der Waals surface area contributed by atoms with Crippen molar-refractivity contribution in [2.45, 2.75) is 18.9 Å². The number of pyridine rings is 1. The molecule has 1 saturated carbocycles.